The van der Waals surface area contributed by atoms with E-state index in [1.54, 1.807) is 13.8 Å². The normalized spacial score (nSPS) is 11.3. The fraction of sp³-hybridized carbons (Fsp3) is 0.143. The Balaban J connectivity index is 2.12. The zero-order valence-electron chi connectivity index (χ0n) is 11.8. The fourth-order valence-corrected chi connectivity index (χ4v) is 3.10. The number of halogens is 1. The van der Waals surface area contributed by atoms with E-state index < -0.39 is 10.8 Å². The molecule has 1 heterocycles. The van der Waals surface area contributed by atoms with Crippen LogP contribution in [0.15, 0.2) is 39.2 Å². The Morgan fingerprint density at radius 3 is 2.64 bits per heavy atom. The molecule has 0 aliphatic rings. The Labute approximate surface area is 139 Å². The van der Waals surface area contributed by atoms with Crippen molar-refractivity contribution in [2.45, 2.75) is 13.8 Å². The Kier molecular flexibility index (Phi) is 5.04. The summed E-state index contributed by atoms with van der Waals surface area (Å²) in [5, 5.41) is 14.8. The highest BCUT2D eigenvalue weighted by molar-refractivity contribution is 9.11. The number of nitrogens with one attached hydrogen (secondary N) is 1. The Hall–Kier alpha value is -2.06. The lowest BCUT2D eigenvalue weighted by Crippen LogP contribution is -2.19. The first-order valence-electron chi connectivity index (χ1n) is 6.24. The maximum atomic E-state index is 12.0. The molecule has 1 amide bonds. The molecule has 0 radical (unpaired) electrons. The van der Waals surface area contributed by atoms with Gasteiger partial charge in [-0.3, -0.25) is 14.9 Å². The van der Waals surface area contributed by atoms with Gasteiger partial charge in [-0.05, 0) is 54.0 Å². The van der Waals surface area contributed by atoms with Crippen molar-refractivity contribution in [2.75, 3.05) is 0 Å². The zero-order valence-corrected chi connectivity index (χ0v) is 14.2. The summed E-state index contributed by atoms with van der Waals surface area (Å²) in [5.41, 5.74) is 3.88. The van der Waals surface area contributed by atoms with E-state index in [1.165, 1.54) is 29.5 Å². The number of carbonyl (C=O) groups excluding carboxylic acids is 1. The van der Waals surface area contributed by atoms with Crippen LogP contribution in [-0.2, 0) is 0 Å². The van der Waals surface area contributed by atoms with Crippen LogP contribution in [0, 0.1) is 17.0 Å². The smallest absolute Gasteiger partial charge is 0.267 e. The number of amides is 1. The number of nitrogens with zero attached hydrogens (tertiary/aromatic N) is 2. The van der Waals surface area contributed by atoms with Crippen LogP contribution in [0.25, 0.3) is 0 Å². The maximum absolute atomic E-state index is 12.0. The van der Waals surface area contributed by atoms with E-state index in [4.69, 9.17) is 0 Å². The van der Waals surface area contributed by atoms with E-state index in [2.05, 4.69) is 26.5 Å². The minimum Gasteiger partial charge on any atom is -0.267 e. The van der Waals surface area contributed by atoms with Crippen LogP contribution < -0.4 is 5.43 Å². The van der Waals surface area contributed by atoms with Gasteiger partial charge in [0.25, 0.3) is 11.6 Å². The number of nitro benzene ring substituents is 1. The number of benzene rings is 1. The van der Waals surface area contributed by atoms with Gasteiger partial charge in [0.1, 0.15) is 0 Å². The van der Waals surface area contributed by atoms with E-state index >= 15 is 0 Å². The number of carbonyl (C=O) groups is 1. The van der Waals surface area contributed by atoms with Gasteiger partial charge in [-0.25, -0.2) is 5.43 Å². The Morgan fingerprint density at radius 1 is 1.36 bits per heavy atom. The van der Waals surface area contributed by atoms with Gasteiger partial charge in [0.15, 0.2) is 0 Å². The molecule has 114 valence electrons. The molecule has 8 heteroatoms. The molecular weight excluding hydrogens is 370 g/mol. The van der Waals surface area contributed by atoms with Crippen LogP contribution in [0.1, 0.15) is 27.7 Å². The van der Waals surface area contributed by atoms with Crippen molar-refractivity contribution in [1.82, 2.24) is 5.43 Å². The van der Waals surface area contributed by atoms with Gasteiger partial charge in [-0.2, -0.15) is 5.10 Å². The third-order valence-corrected chi connectivity index (χ3v) is 4.64. The summed E-state index contributed by atoms with van der Waals surface area (Å²) in [5.74, 6) is -0.409. The number of thiophene rings is 1. The lowest BCUT2D eigenvalue weighted by Gasteiger charge is -2.03. The van der Waals surface area contributed by atoms with E-state index in [-0.39, 0.29) is 5.69 Å². The highest BCUT2D eigenvalue weighted by Crippen LogP contribution is 2.22. The summed E-state index contributed by atoms with van der Waals surface area (Å²) in [7, 11) is 0. The Morgan fingerprint density at radius 2 is 2.09 bits per heavy atom. The van der Waals surface area contributed by atoms with Crippen LogP contribution in [0.2, 0.25) is 0 Å². The van der Waals surface area contributed by atoms with E-state index in [0.717, 1.165) is 8.66 Å². The molecule has 1 aromatic carbocycles. The van der Waals surface area contributed by atoms with Gasteiger partial charge in [0.2, 0.25) is 0 Å². The molecule has 0 spiro atoms. The topological polar surface area (TPSA) is 84.6 Å². The van der Waals surface area contributed by atoms with Gasteiger partial charge < -0.3 is 0 Å². The van der Waals surface area contributed by atoms with Gasteiger partial charge in [-0.1, -0.05) is 0 Å². The molecule has 0 aliphatic carbocycles. The minimum absolute atomic E-state index is 0.0142. The van der Waals surface area contributed by atoms with Gasteiger partial charge in [0.05, 0.1) is 19.3 Å². The largest absolute Gasteiger partial charge is 0.272 e. The number of hydrazone groups is 1. The molecule has 0 saturated heterocycles. The first kappa shape index (κ1) is 16.3. The van der Waals surface area contributed by atoms with Crippen LogP contribution >= 0.6 is 27.3 Å². The van der Waals surface area contributed by atoms with Crippen LogP contribution in [0.5, 0.6) is 0 Å². The molecule has 0 bridgehead atoms. The lowest BCUT2D eigenvalue weighted by atomic mass is 10.1. The van der Waals surface area contributed by atoms with Crippen molar-refractivity contribution < 1.29 is 9.72 Å². The predicted octanol–water partition coefficient (Wildman–Crippen LogP) is 3.88. The lowest BCUT2D eigenvalue weighted by molar-refractivity contribution is -0.385. The van der Waals surface area contributed by atoms with Crippen molar-refractivity contribution in [1.29, 1.82) is 0 Å². The van der Waals surface area contributed by atoms with Crippen molar-refractivity contribution in [3.05, 3.63) is 60.2 Å². The van der Waals surface area contributed by atoms with Crippen molar-refractivity contribution in [3.63, 3.8) is 0 Å². The molecule has 0 saturated carbocycles. The third-order valence-electron chi connectivity index (χ3n) is 2.91. The second kappa shape index (κ2) is 6.80. The summed E-state index contributed by atoms with van der Waals surface area (Å²) in [6.07, 6.45) is 0. The van der Waals surface area contributed by atoms with Crippen LogP contribution in [-0.4, -0.2) is 16.5 Å². The van der Waals surface area contributed by atoms with Crippen molar-refractivity contribution in [3.8, 4) is 0 Å². The standard InChI is InChI=1S/C14H12BrN3O3S/c1-8-7-10(3-4-11(8)18(20)21)14(19)17-16-9(2)12-5-6-13(15)22-12/h3-7H,1-2H3,(H,17,19)/b16-9+. The molecule has 22 heavy (non-hydrogen) atoms. The maximum Gasteiger partial charge on any atom is 0.272 e. The molecule has 1 aromatic heterocycles. The summed E-state index contributed by atoms with van der Waals surface area (Å²) in [6, 6.07) is 8.00. The molecular formula is C14H12BrN3O3S. The van der Waals surface area contributed by atoms with Crippen molar-refractivity contribution >= 4 is 44.6 Å². The molecule has 6 nitrogen and oxygen atoms in total. The first-order valence-corrected chi connectivity index (χ1v) is 7.85. The number of rotatable bonds is 4. The summed E-state index contributed by atoms with van der Waals surface area (Å²) in [6.45, 7) is 3.38. The molecule has 0 atom stereocenters. The minimum atomic E-state index is -0.478. The quantitative estimate of drug-likeness (QED) is 0.495. The Bertz CT molecular complexity index is 770. The molecule has 0 fully saturated rings. The van der Waals surface area contributed by atoms with E-state index in [9.17, 15) is 14.9 Å². The molecule has 2 aromatic rings. The second-order valence-corrected chi connectivity index (χ2v) is 6.96. The second-order valence-electron chi connectivity index (χ2n) is 4.50. The monoisotopic (exact) mass is 381 g/mol. The number of hydrogen-bond acceptors (Lipinski definition) is 5. The summed E-state index contributed by atoms with van der Waals surface area (Å²) >= 11 is 4.88. The first-order chi connectivity index (χ1) is 10.4. The molecule has 1 N–H and O–H groups in total. The molecule has 2 rings (SSSR count). The summed E-state index contributed by atoms with van der Waals surface area (Å²) < 4.78 is 0.981. The highest BCUT2D eigenvalue weighted by Gasteiger charge is 2.13. The highest BCUT2D eigenvalue weighted by atomic mass is 79.9. The SMILES string of the molecule is C/C(=N\NC(=O)c1ccc([N+](=O)[O-])c(C)c1)c1ccc(Br)s1. The van der Waals surface area contributed by atoms with Gasteiger partial charge in [0, 0.05) is 17.2 Å². The molecule has 0 unspecified atom stereocenters. The van der Waals surface area contributed by atoms with Gasteiger partial charge >= 0.3 is 0 Å². The average Bonchev–Trinajstić information content (AvgIpc) is 2.90. The predicted molar refractivity (Wildman–Crippen MR) is 89.5 cm³/mol. The average molecular weight is 382 g/mol. The van der Waals surface area contributed by atoms with Crippen molar-refractivity contribution in [2.24, 2.45) is 5.10 Å². The number of hydrogen-bond donors (Lipinski definition) is 1. The van der Waals surface area contributed by atoms with Gasteiger partial charge in [-0.15, -0.1) is 11.3 Å². The molecule has 0 aliphatic heterocycles. The number of aryl methyl sites for hydroxylation is 1. The zero-order chi connectivity index (χ0) is 16.3. The summed E-state index contributed by atoms with van der Waals surface area (Å²) in [4.78, 5) is 23.2. The third kappa shape index (κ3) is 3.77. The van der Waals surface area contributed by atoms with Crippen LogP contribution in [0.3, 0.4) is 0 Å². The van der Waals surface area contributed by atoms with E-state index in [1.807, 2.05) is 12.1 Å². The van der Waals surface area contributed by atoms with E-state index in [0.29, 0.717) is 16.8 Å². The number of nitro groups is 1. The van der Waals surface area contributed by atoms with Crippen LogP contribution in [0.4, 0.5) is 5.69 Å². The fourth-order valence-electron chi connectivity index (χ4n) is 1.76.